The lowest BCUT2D eigenvalue weighted by molar-refractivity contribution is 0.635. The van der Waals surface area contributed by atoms with Gasteiger partial charge < -0.3 is 5.32 Å². The van der Waals surface area contributed by atoms with Crippen LogP contribution in [0, 0.1) is 0 Å². The van der Waals surface area contributed by atoms with E-state index >= 15 is 0 Å². The van der Waals surface area contributed by atoms with E-state index in [0.29, 0.717) is 0 Å². The Kier molecular flexibility index (Phi) is 8.59. The predicted molar refractivity (Wildman–Crippen MR) is 80.0 cm³/mol. The Morgan fingerprint density at radius 3 is 2.59 bits per heavy atom. The molecule has 0 aliphatic heterocycles. The van der Waals surface area contributed by atoms with Gasteiger partial charge in [0.05, 0.1) is 0 Å². The van der Waals surface area contributed by atoms with Gasteiger partial charge in [0, 0.05) is 10.8 Å². The molecule has 0 radical (unpaired) electrons. The molecule has 96 valence electrons. The Morgan fingerprint density at radius 1 is 1.12 bits per heavy atom. The molecule has 0 saturated heterocycles. The van der Waals surface area contributed by atoms with Gasteiger partial charge in [0.2, 0.25) is 0 Å². The number of halogens is 1. The first-order valence-corrected chi connectivity index (χ1v) is 7.89. The fourth-order valence-electron chi connectivity index (χ4n) is 1.53. The molecule has 1 nitrogen and oxygen atoms in total. The van der Waals surface area contributed by atoms with Crippen molar-refractivity contribution in [3.05, 3.63) is 34.9 Å². The van der Waals surface area contributed by atoms with E-state index in [2.05, 4.69) is 24.4 Å². The van der Waals surface area contributed by atoms with Crippen molar-refractivity contribution in [2.75, 3.05) is 18.8 Å². The second kappa shape index (κ2) is 9.81. The number of benzene rings is 1. The van der Waals surface area contributed by atoms with E-state index in [1.54, 1.807) is 0 Å². The molecule has 0 fully saturated rings. The van der Waals surface area contributed by atoms with Crippen molar-refractivity contribution in [3.63, 3.8) is 0 Å². The molecule has 1 N–H and O–H groups in total. The Balaban J connectivity index is 1.95. The molecule has 0 bridgehead atoms. The summed E-state index contributed by atoms with van der Waals surface area (Å²) >= 11 is 7.85. The van der Waals surface area contributed by atoms with E-state index in [1.165, 1.54) is 30.6 Å². The van der Waals surface area contributed by atoms with Crippen LogP contribution in [0.3, 0.4) is 0 Å². The van der Waals surface area contributed by atoms with Gasteiger partial charge in [-0.25, -0.2) is 0 Å². The number of thioether (sulfide) groups is 1. The fourth-order valence-corrected chi connectivity index (χ4v) is 2.63. The number of rotatable bonds is 9. The number of nitrogens with one attached hydrogen (secondary N) is 1. The number of hydrogen-bond donors (Lipinski definition) is 1. The van der Waals surface area contributed by atoms with Crippen LogP contribution in [0.1, 0.15) is 31.7 Å². The first-order valence-electron chi connectivity index (χ1n) is 6.36. The van der Waals surface area contributed by atoms with Gasteiger partial charge in [-0.2, -0.15) is 11.8 Å². The van der Waals surface area contributed by atoms with Gasteiger partial charge in [0.1, 0.15) is 0 Å². The molecule has 0 spiro atoms. The zero-order chi connectivity index (χ0) is 12.3. The third-order valence-electron chi connectivity index (χ3n) is 2.50. The first-order chi connectivity index (χ1) is 8.33. The van der Waals surface area contributed by atoms with Crippen LogP contribution in [0.5, 0.6) is 0 Å². The zero-order valence-corrected chi connectivity index (χ0v) is 12.1. The van der Waals surface area contributed by atoms with Crippen LogP contribution in [-0.2, 0) is 5.75 Å². The summed E-state index contributed by atoms with van der Waals surface area (Å²) in [6.07, 6.45) is 3.81. The molecular formula is C14H22ClNS. The quantitative estimate of drug-likeness (QED) is 0.670. The topological polar surface area (TPSA) is 12.0 Å². The Bertz CT molecular complexity index is 287. The molecular weight excluding hydrogens is 250 g/mol. The minimum Gasteiger partial charge on any atom is -0.317 e. The van der Waals surface area contributed by atoms with Crippen LogP contribution in [-0.4, -0.2) is 18.8 Å². The SMILES string of the molecule is CCCNCCCCSCc1ccc(Cl)cc1. The van der Waals surface area contributed by atoms with Crippen LogP contribution < -0.4 is 5.32 Å². The second-order valence-corrected chi connectivity index (χ2v) is 5.68. The molecule has 0 aromatic heterocycles. The van der Waals surface area contributed by atoms with E-state index in [9.17, 15) is 0 Å². The molecule has 3 heteroatoms. The minimum absolute atomic E-state index is 0.820. The third-order valence-corrected chi connectivity index (χ3v) is 3.87. The van der Waals surface area contributed by atoms with Crippen molar-refractivity contribution in [1.29, 1.82) is 0 Å². The highest BCUT2D eigenvalue weighted by molar-refractivity contribution is 7.98. The summed E-state index contributed by atoms with van der Waals surface area (Å²) in [5, 5.41) is 4.25. The molecule has 0 atom stereocenters. The van der Waals surface area contributed by atoms with Gasteiger partial charge >= 0.3 is 0 Å². The molecule has 1 rings (SSSR count). The number of hydrogen-bond acceptors (Lipinski definition) is 2. The summed E-state index contributed by atoms with van der Waals surface area (Å²) < 4.78 is 0. The van der Waals surface area contributed by atoms with E-state index in [0.717, 1.165) is 23.9 Å². The van der Waals surface area contributed by atoms with Crippen LogP contribution in [0.25, 0.3) is 0 Å². The highest BCUT2D eigenvalue weighted by Gasteiger charge is 1.94. The summed E-state index contributed by atoms with van der Waals surface area (Å²) in [5.41, 5.74) is 1.36. The fraction of sp³-hybridized carbons (Fsp3) is 0.571. The average Bonchev–Trinajstić information content (AvgIpc) is 2.35. The molecule has 1 aromatic carbocycles. The predicted octanol–water partition coefficient (Wildman–Crippen LogP) is 4.35. The standard InChI is InChI=1S/C14H22ClNS/c1-2-9-16-10-3-4-11-17-12-13-5-7-14(15)8-6-13/h5-8,16H,2-4,9-12H2,1H3. The number of unbranched alkanes of at least 4 members (excludes halogenated alkanes) is 1. The van der Waals surface area contributed by atoms with E-state index in [-0.39, 0.29) is 0 Å². The van der Waals surface area contributed by atoms with Gasteiger partial charge in [-0.3, -0.25) is 0 Å². The van der Waals surface area contributed by atoms with Gasteiger partial charge in [0.25, 0.3) is 0 Å². The van der Waals surface area contributed by atoms with E-state index in [1.807, 2.05) is 23.9 Å². The maximum Gasteiger partial charge on any atom is 0.0406 e. The Hall–Kier alpha value is -0.180. The van der Waals surface area contributed by atoms with Crippen molar-refractivity contribution in [1.82, 2.24) is 5.32 Å². The molecule has 0 unspecified atom stereocenters. The second-order valence-electron chi connectivity index (χ2n) is 4.14. The molecule has 17 heavy (non-hydrogen) atoms. The summed E-state index contributed by atoms with van der Waals surface area (Å²) in [4.78, 5) is 0. The average molecular weight is 272 g/mol. The van der Waals surface area contributed by atoms with Crippen molar-refractivity contribution in [2.24, 2.45) is 0 Å². The maximum absolute atomic E-state index is 5.84. The Labute approximate surface area is 114 Å². The lowest BCUT2D eigenvalue weighted by Gasteiger charge is -2.04. The normalized spacial score (nSPS) is 10.7. The van der Waals surface area contributed by atoms with Crippen LogP contribution in [0.4, 0.5) is 0 Å². The van der Waals surface area contributed by atoms with Gasteiger partial charge in [-0.1, -0.05) is 30.7 Å². The van der Waals surface area contributed by atoms with E-state index < -0.39 is 0 Å². The first kappa shape index (κ1) is 14.9. The third kappa shape index (κ3) is 7.69. The van der Waals surface area contributed by atoms with Gasteiger partial charge in [0.15, 0.2) is 0 Å². The molecule has 0 aliphatic rings. The lowest BCUT2D eigenvalue weighted by atomic mass is 10.2. The van der Waals surface area contributed by atoms with Crippen LogP contribution >= 0.6 is 23.4 Å². The Morgan fingerprint density at radius 2 is 1.88 bits per heavy atom. The van der Waals surface area contributed by atoms with Crippen molar-refractivity contribution in [2.45, 2.75) is 31.9 Å². The van der Waals surface area contributed by atoms with Crippen LogP contribution in [0.2, 0.25) is 5.02 Å². The van der Waals surface area contributed by atoms with Gasteiger partial charge in [-0.05, 0) is 55.8 Å². The molecule has 1 aromatic rings. The van der Waals surface area contributed by atoms with Crippen LogP contribution in [0.15, 0.2) is 24.3 Å². The summed E-state index contributed by atoms with van der Waals surface area (Å²) in [6.45, 7) is 4.52. The van der Waals surface area contributed by atoms with Crippen molar-refractivity contribution < 1.29 is 0 Å². The van der Waals surface area contributed by atoms with Crippen molar-refractivity contribution in [3.8, 4) is 0 Å². The zero-order valence-electron chi connectivity index (χ0n) is 10.5. The smallest absolute Gasteiger partial charge is 0.0406 e. The molecule has 0 saturated carbocycles. The molecule has 0 heterocycles. The lowest BCUT2D eigenvalue weighted by Crippen LogP contribution is -2.15. The summed E-state index contributed by atoms with van der Waals surface area (Å²) in [7, 11) is 0. The van der Waals surface area contributed by atoms with Crippen molar-refractivity contribution >= 4 is 23.4 Å². The highest BCUT2D eigenvalue weighted by Crippen LogP contribution is 2.16. The monoisotopic (exact) mass is 271 g/mol. The summed E-state index contributed by atoms with van der Waals surface area (Å²) in [5.74, 6) is 2.34. The summed E-state index contributed by atoms with van der Waals surface area (Å²) in [6, 6.07) is 8.15. The van der Waals surface area contributed by atoms with E-state index in [4.69, 9.17) is 11.6 Å². The molecule has 0 aliphatic carbocycles. The minimum atomic E-state index is 0.820. The van der Waals surface area contributed by atoms with Gasteiger partial charge in [-0.15, -0.1) is 0 Å². The molecule has 0 amide bonds. The highest BCUT2D eigenvalue weighted by atomic mass is 35.5. The maximum atomic E-state index is 5.84. The largest absolute Gasteiger partial charge is 0.317 e.